The molecule has 1 N–H and O–H groups in total. The summed E-state index contributed by atoms with van der Waals surface area (Å²) in [6, 6.07) is 5.72. The lowest BCUT2D eigenvalue weighted by molar-refractivity contribution is -0.153. The first kappa shape index (κ1) is 17.8. The standard InChI is InChI=1S/C17H15F3N4O2/c1-24-8-11(7-22-24)13-5-14(13)16(25)23-12-2-3-15(10(4-12)6-21)26-9-17(18,19)20/h2-4,7-8,13-14H,5,9H2,1H3,(H,23,25). The molecule has 0 radical (unpaired) electrons. The number of carbonyl (C=O) groups excluding carboxylic acids is 1. The highest BCUT2D eigenvalue weighted by Crippen LogP contribution is 2.47. The fourth-order valence-electron chi connectivity index (χ4n) is 2.70. The zero-order valence-corrected chi connectivity index (χ0v) is 13.7. The summed E-state index contributed by atoms with van der Waals surface area (Å²) in [5, 5.41) is 15.9. The number of halogens is 3. The van der Waals surface area contributed by atoms with E-state index in [0.29, 0.717) is 12.1 Å². The van der Waals surface area contributed by atoms with Crippen LogP contribution in [0, 0.1) is 17.2 Å². The van der Waals surface area contributed by atoms with E-state index in [2.05, 4.69) is 15.2 Å². The summed E-state index contributed by atoms with van der Waals surface area (Å²) in [4.78, 5) is 12.3. The highest BCUT2D eigenvalue weighted by Gasteiger charge is 2.44. The summed E-state index contributed by atoms with van der Waals surface area (Å²) >= 11 is 0. The molecule has 9 heteroatoms. The molecule has 0 bridgehead atoms. The molecule has 3 rings (SSSR count). The highest BCUT2D eigenvalue weighted by atomic mass is 19.4. The number of ether oxygens (including phenoxy) is 1. The van der Waals surface area contributed by atoms with Crippen LogP contribution in [0.4, 0.5) is 18.9 Å². The van der Waals surface area contributed by atoms with Gasteiger partial charge in [-0.15, -0.1) is 0 Å². The Labute approximate surface area is 147 Å². The van der Waals surface area contributed by atoms with Gasteiger partial charge in [0.1, 0.15) is 11.8 Å². The lowest BCUT2D eigenvalue weighted by Crippen LogP contribution is -2.19. The van der Waals surface area contributed by atoms with Gasteiger partial charge in [0, 0.05) is 24.8 Å². The third-order valence-corrected chi connectivity index (χ3v) is 4.04. The second-order valence-electron chi connectivity index (χ2n) is 6.11. The van der Waals surface area contributed by atoms with E-state index in [-0.39, 0.29) is 29.1 Å². The van der Waals surface area contributed by atoms with Gasteiger partial charge in [0.25, 0.3) is 0 Å². The van der Waals surface area contributed by atoms with Crippen molar-refractivity contribution in [1.29, 1.82) is 5.26 Å². The molecule has 1 fully saturated rings. The average molecular weight is 364 g/mol. The Balaban J connectivity index is 1.63. The van der Waals surface area contributed by atoms with Crippen molar-refractivity contribution in [2.75, 3.05) is 11.9 Å². The Kier molecular flexibility index (Phi) is 4.59. The van der Waals surface area contributed by atoms with Crippen LogP contribution < -0.4 is 10.1 Å². The Morgan fingerprint density at radius 3 is 2.88 bits per heavy atom. The van der Waals surface area contributed by atoms with Crippen LogP contribution in [0.15, 0.2) is 30.6 Å². The van der Waals surface area contributed by atoms with Gasteiger partial charge in [0.2, 0.25) is 5.91 Å². The number of aryl methyl sites for hydroxylation is 1. The molecule has 26 heavy (non-hydrogen) atoms. The Hall–Kier alpha value is -3.02. The minimum atomic E-state index is -4.49. The lowest BCUT2D eigenvalue weighted by atomic mass is 10.1. The van der Waals surface area contributed by atoms with Crippen LogP contribution in [-0.4, -0.2) is 28.5 Å². The van der Waals surface area contributed by atoms with Gasteiger partial charge >= 0.3 is 6.18 Å². The van der Waals surface area contributed by atoms with E-state index in [1.807, 2.05) is 6.20 Å². The molecule has 1 aromatic carbocycles. The monoisotopic (exact) mass is 364 g/mol. The normalized spacial score (nSPS) is 18.9. The number of hydrogen-bond donors (Lipinski definition) is 1. The molecular weight excluding hydrogens is 349 g/mol. The fourth-order valence-corrected chi connectivity index (χ4v) is 2.70. The number of alkyl halides is 3. The lowest BCUT2D eigenvalue weighted by Gasteiger charge is -2.12. The van der Waals surface area contributed by atoms with Gasteiger partial charge < -0.3 is 10.1 Å². The summed E-state index contributed by atoms with van der Waals surface area (Å²) in [6.45, 7) is -1.48. The van der Waals surface area contributed by atoms with E-state index in [1.54, 1.807) is 24.0 Å². The minimum Gasteiger partial charge on any atom is -0.483 e. The quantitative estimate of drug-likeness (QED) is 0.885. The van der Waals surface area contributed by atoms with Crippen LogP contribution in [0.5, 0.6) is 5.75 Å². The van der Waals surface area contributed by atoms with Gasteiger partial charge in [-0.05, 0) is 36.1 Å². The number of amides is 1. The second kappa shape index (κ2) is 6.71. The maximum atomic E-state index is 12.3. The van der Waals surface area contributed by atoms with Crippen molar-refractivity contribution in [3.63, 3.8) is 0 Å². The molecule has 1 aliphatic carbocycles. The highest BCUT2D eigenvalue weighted by molar-refractivity contribution is 5.95. The molecule has 136 valence electrons. The minimum absolute atomic E-state index is 0.0772. The van der Waals surface area contributed by atoms with Gasteiger partial charge in [0.05, 0.1) is 11.8 Å². The molecule has 2 atom stereocenters. The van der Waals surface area contributed by atoms with Gasteiger partial charge in [0.15, 0.2) is 6.61 Å². The van der Waals surface area contributed by atoms with E-state index < -0.39 is 12.8 Å². The maximum absolute atomic E-state index is 12.3. The van der Waals surface area contributed by atoms with Crippen molar-refractivity contribution >= 4 is 11.6 Å². The first-order valence-electron chi connectivity index (χ1n) is 7.80. The first-order valence-corrected chi connectivity index (χ1v) is 7.80. The van der Waals surface area contributed by atoms with Gasteiger partial charge in [-0.1, -0.05) is 0 Å². The van der Waals surface area contributed by atoms with Crippen LogP contribution in [0.25, 0.3) is 0 Å². The molecule has 2 aromatic rings. The Bertz CT molecular complexity index is 870. The van der Waals surface area contributed by atoms with Crippen molar-refractivity contribution in [1.82, 2.24) is 9.78 Å². The average Bonchev–Trinajstić information content (AvgIpc) is 3.27. The predicted octanol–water partition coefficient (Wildman–Crippen LogP) is 2.98. The number of nitrogens with zero attached hydrogens (tertiary/aromatic N) is 3. The van der Waals surface area contributed by atoms with E-state index in [1.165, 1.54) is 18.2 Å². The summed E-state index contributed by atoms with van der Waals surface area (Å²) < 4.78 is 43.0. The fraction of sp³-hybridized carbons (Fsp3) is 0.353. The molecule has 0 spiro atoms. The van der Waals surface area contributed by atoms with Crippen LogP contribution in [-0.2, 0) is 11.8 Å². The zero-order valence-electron chi connectivity index (χ0n) is 13.7. The van der Waals surface area contributed by atoms with E-state index >= 15 is 0 Å². The van der Waals surface area contributed by atoms with Gasteiger partial charge in [-0.2, -0.15) is 23.5 Å². The van der Waals surface area contributed by atoms with Crippen molar-refractivity contribution in [2.24, 2.45) is 13.0 Å². The second-order valence-corrected chi connectivity index (χ2v) is 6.11. The molecular formula is C17H15F3N4O2. The number of aromatic nitrogens is 2. The summed E-state index contributed by atoms with van der Waals surface area (Å²) in [5.41, 5.74) is 1.25. The van der Waals surface area contributed by atoms with E-state index in [9.17, 15) is 18.0 Å². The van der Waals surface area contributed by atoms with E-state index in [0.717, 1.165) is 5.56 Å². The van der Waals surface area contributed by atoms with Crippen LogP contribution in [0.2, 0.25) is 0 Å². The SMILES string of the molecule is Cn1cc(C2CC2C(=O)Nc2ccc(OCC(F)(F)F)c(C#N)c2)cn1. The van der Waals surface area contributed by atoms with E-state index in [4.69, 9.17) is 5.26 Å². The number of nitrogens with one attached hydrogen (secondary N) is 1. The summed E-state index contributed by atoms with van der Waals surface area (Å²) in [5.74, 6) is -0.464. The number of carbonyl (C=O) groups is 1. The van der Waals surface area contributed by atoms with Crippen molar-refractivity contribution in [3.05, 3.63) is 41.7 Å². The maximum Gasteiger partial charge on any atom is 0.422 e. The smallest absolute Gasteiger partial charge is 0.422 e. The zero-order chi connectivity index (χ0) is 18.9. The summed E-state index contributed by atoms with van der Waals surface area (Å²) in [7, 11) is 1.80. The molecule has 1 aromatic heterocycles. The Morgan fingerprint density at radius 2 is 2.27 bits per heavy atom. The van der Waals surface area contributed by atoms with Crippen LogP contribution in [0.3, 0.4) is 0 Å². The number of benzene rings is 1. The third-order valence-electron chi connectivity index (χ3n) is 4.04. The topological polar surface area (TPSA) is 79.9 Å². The van der Waals surface area contributed by atoms with Gasteiger partial charge in [-0.25, -0.2) is 0 Å². The number of hydrogen-bond acceptors (Lipinski definition) is 4. The molecule has 1 saturated carbocycles. The molecule has 6 nitrogen and oxygen atoms in total. The number of anilines is 1. The number of rotatable bonds is 5. The largest absolute Gasteiger partial charge is 0.483 e. The molecule has 1 amide bonds. The molecule has 2 unspecified atom stereocenters. The molecule has 0 aliphatic heterocycles. The van der Waals surface area contributed by atoms with Crippen LogP contribution >= 0.6 is 0 Å². The summed E-state index contributed by atoms with van der Waals surface area (Å²) in [6.07, 6.45) is -0.209. The number of nitriles is 1. The van der Waals surface area contributed by atoms with Crippen molar-refractivity contribution < 1.29 is 22.7 Å². The molecule has 1 aliphatic rings. The third kappa shape index (κ3) is 4.14. The van der Waals surface area contributed by atoms with Crippen molar-refractivity contribution in [3.8, 4) is 11.8 Å². The predicted molar refractivity (Wildman–Crippen MR) is 85.4 cm³/mol. The Morgan fingerprint density at radius 1 is 1.50 bits per heavy atom. The van der Waals surface area contributed by atoms with Crippen molar-refractivity contribution in [2.45, 2.75) is 18.5 Å². The molecule has 1 heterocycles. The first-order chi connectivity index (χ1) is 12.3. The van der Waals surface area contributed by atoms with Crippen LogP contribution in [0.1, 0.15) is 23.5 Å². The van der Waals surface area contributed by atoms with Gasteiger partial charge in [-0.3, -0.25) is 9.48 Å². The molecule has 0 saturated heterocycles.